The molecule has 0 atom stereocenters. The van der Waals surface area contributed by atoms with Crippen molar-refractivity contribution in [3.63, 3.8) is 0 Å². The Balaban J connectivity index is 2.66. The van der Waals surface area contributed by atoms with Crippen LogP contribution in [0, 0.1) is 13.8 Å². The molecule has 18 heavy (non-hydrogen) atoms. The second-order valence-electron chi connectivity index (χ2n) is 4.36. The SMILES string of the molecule is COC(=S)c1ccc(C)cc1-c1ccccc1C. The van der Waals surface area contributed by atoms with Crippen molar-refractivity contribution in [2.45, 2.75) is 13.8 Å². The summed E-state index contributed by atoms with van der Waals surface area (Å²) in [6, 6.07) is 14.6. The lowest BCUT2D eigenvalue weighted by atomic mass is 9.95. The Morgan fingerprint density at radius 3 is 2.39 bits per heavy atom. The Morgan fingerprint density at radius 2 is 1.72 bits per heavy atom. The molecule has 2 aromatic rings. The van der Waals surface area contributed by atoms with Gasteiger partial charge in [0, 0.05) is 5.56 Å². The maximum Gasteiger partial charge on any atom is 0.191 e. The van der Waals surface area contributed by atoms with Crippen molar-refractivity contribution >= 4 is 17.3 Å². The van der Waals surface area contributed by atoms with Gasteiger partial charge >= 0.3 is 0 Å². The van der Waals surface area contributed by atoms with Gasteiger partial charge in [-0.1, -0.05) is 42.0 Å². The topological polar surface area (TPSA) is 9.23 Å². The summed E-state index contributed by atoms with van der Waals surface area (Å²) in [5.74, 6) is 0. The van der Waals surface area contributed by atoms with Crippen LogP contribution < -0.4 is 0 Å². The van der Waals surface area contributed by atoms with Crippen LogP contribution in [0.4, 0.5) is 0 Å². The summed E-state index contributed by atoms with van der Waals surface area (Å²) in [5, 5.41) is 0.535. The second kappa shape index (κ2) is 5.32. The van der Waals surface area contributed by atoms with E-state index >= 15 is 0 Å². The van der Waals surface area contributed by atoms with E-state index in [1.165, 1.54) is 16.7 Å². The third-order valence-electron chi connectivity index (χ3n) is 3.02. The minimum Gasteiger partial charge on any atom is -0.486 e. The zero-order valence-electron chi connectivity index (χ0n) is 10.9. The van der Waals surface area contributed by atoms with E-state index < -0.39 is 0 Å². The highest BCUT2D eigenvalue weighted by Crippen LogP contribution is 2.28. The molecule has 0 aliphatic carbocycles. The Kier molecular flexibility index (Phi) is 3.78. The summed E-state index contributed by atoms with van der Waals surface area (Å²) >= 11 is 5.27. The van der Waals surface area contributed by atoms with E-state index in [4.69, 9.17) is 17.0 Å². The fraction of sp³-hybridized carbons (Fsp3) is 0.188. The highest BCUT2D eigenvalue weighted by Gasteiger charge is 2.11. The zero-order chi connectivity index (χ0) is 13.1. The molecule has 0 unspecified atom stereocenters. The van der Waals surface area contributed by atoms with E-state index in [2.05, 4.69) is 38.1 Å². The van der Waals surface area contributed by atoms with Crippen molar-refractivity contribution in [1.29, 1.82) is 0 Å². The third-order valence-corrected chi connectivity index (χ3v) is 3.40. The molecule has 1 nitrogen and oxygen atoms in total. The second-order valence-corrected chi connectivity index (χ2v) is 4.73. The van der Waals surface area contributed by atoms with Crippen molar-refractivity contribution in [3.8, 4) is 11.1 Å². The molecule has 0 saturated carbocycles. The number of thiocarbonyl (C=S) groups is 1. The van der Waals surface area contributed by atoms with Gasteiger partial charge in [0.15, 0.2) is 5.05 Å². The molecule has 0 aliphatic heterocycles. The fourth-order valence-corrected chi connectivity index (χ4v) is 2.22. The van der Waals surface area contributed by atoms with Crippen LogP contribution in [0.15, 0.2) is 42.5 Å². The van der Waals surface area contributed by atoms with Crippen LogP contribution in [0.2, 0.25) is 0 Å². The van der Waals surface area contributed by atoms with Crippen LogP contribution in [0.3, 0.4) is 0 Å². The fourth-order valence-electron chi connectivity index (χ4n) is 2.04. The lowest BCUT2D eigenvalue weighted by Gasteiger charge is -2.13. The molecule has 2 heteroatoms. The first-order valence-corrected chi connectivity index (χ1v) is 6.29. The largest absolute Gasteiger partial charge is 0.486 e. The molecule has 0 aliphatic rings. The Morgan fingerprint density at radius 1 is 1.00 bits per heavy atom. The number of benzene rings is 2. The molecule has 92 valence electrons. The number of hydrogen-bond donors (Lipinski definition) is 0. The standard InChI is InChI=1S/C16H16OS/c1-11-8-9-14(16(18)17-3)15(10-11)13-7-5-4-6-12(13)2/h4-10H,1-3H3. The highest BCUT2D eigenvalue weighted by atomic mass is 32.1. The summed E-state index contributed by atoms with van der Waals surface area (Å²) in [6.07, 6.45) is 0. The normalized spacial score (nSPS) is 10.2. The molecule has 0 aromatic heterocycles. The Hall–Kier alpha value is -1.67. The predicted molar refractivity (Wildman–Crippen MR) is 80.1 cm³/mol. The van der Waals surface area contributed by atoms with Crippen molar-refractivity contribution in [3.05, 3.63) is 59.2 Å². The molecule has 2 aromatic carbocycles. The van der Waals surface area contributed by atoms with Gasteiger partial charge in [0.25, 0.3) is 0 Å². The molecule has 0 heterocycles. The van der Waals surface area contributed by atoms with Crippen molar-refractivity contribution in [2.75, 3.05) is 7.11 Å². The van der Waals surface area contributed by atoms with Crippen LogP contribution in [-0.4, -0.2) is 12.2 Å². The Bertz CT molecular complexity index is 587. The van der Waals surface area contributed by atoms with E-state index in [9.17, 15) is 0 Å². The van der Waals surface area contributed by atoms with E-state index in [1.54, 1.807) is 7.11 Å². The summed E-state index contributed by atoms with van der Waals surface area (Å²) in [7, 11) is 1.61. The van der Waals surface area contributed by atoms with Crippen LogP contribution in [-0.2, 0) is 4.74 Å². The van der Waals surface area contributed by atoms with E-state index in [-0.39, 0.29) is 0 Å². The number of methoxy groups -OCH3 is 1. The van der Waals surface area contributed by atoms with Gasteiger partial charge < -0.3 is 4.74 Å². The molecule has 0 spiro atoms. The first-order valence-electron chi connectivity index (χ1n) is 5.88. The van der Waals surface area contributed by atoms with Crippen LogP contribution in [0.25, 0.3) is 11.1 Å². The number of rotatable bonds is 2. The van der Waals surface area contributed by atoms with Gasteiger partial charge in [0.05, 0.1) is 7.11 Å². The number of ether oxygens (including phenoxy) is 1. The van der Waals surface area contributed by atoms with Crippen LogP contribution in [0.5, 0.6) is 0 Å². The lowest BCUT2D eigenvalue weighted by Crippen LogP contribution is -2.03. The van der Waals surface area contributed by atoms with Gasteiger partial charge in [-0.15, -0.1) is 0 Å². The molecule has 2 rings (SSSR count). The summed E-state index contributed by atoms with van der Waals surface area (Å²) < 4.78 is 5.21. The average molecular weight is 256 g/mol. The van der Waals surface area contributed by atoms with Crippen molar-refractivity contribution in [2.24, 2.45) is 0 Å². The minimum absolute atomic E-state index is 0.535. The maximum atomic E-state index is 5.27. The molecule has 0 radical (unpaired) electrons. The van der Waals surface area contributed by atoms with Crippen LogP contribution in [0.1, 0.15) is 16.7 Å². The van der Waals surface area contributed by atoms with E-state index in [1.807, 2.05) is 18.2 Å². The van der Waals surface area contributed by atoms with E-state index in [0.29, 0.717) is 5.05 Å². The molecular weight excluding hydrogens is 240 g/mol. The first-order chi connectivity index (χ1) is 8.63. The highest BCUT2D eigenvalue weighted by molar-refractivity contribution is 7.80. The maximum absolute atomic E-state index is 5.27. The summed E-state index contributed by atoms with van der Waals surface area (Å²) in [4.78, 5) is 0. The summed E-state index contributed by atoms with van der Waals surface area (Å²) in [6.45, 7) is 4.19. The minimum atomic E-state index is 0.535. The molecule has 0 bridgehead atoms. The van der Waals surface area contributed by atoms with Gasteiger partial charge in [-0.3, -0.25) is 0 Å². The third kappa shape index (κ3) is 2.44. The number of hydrogen-bond acceptors (Lipinski definition) is 2. The lowest BCUT2D eigenvalue weighted by molar-refractivity contribution is 0.416. The van der Waals surface area contributed by atoms with Crippen LogP contribution >= 0.6 is 12.2 Å². The molecular formula is C16H16OS. The zero-order valence-corrected chi connectivity index (χ0v) is 11.7. The van der Waals surface area contributed by atoms with E-state index in [0.717, 1.165) is 11.1 Å². The monoisotopic (exact) mass is 256 g/mol. The van der Waals surface area contributed by atoms with Crippen molar-refractivity contribution < 1.29 is 4.74 Å². The quantitative estimate of drug-likeness (QED) is 0.741. The van der Waals surface area contributed by atoms with Gasteiger partial charge in [-0.25, -0.2) is 0 Å². The van der Waals surface area contributed by atoms with Gasteiger partial charge in [-0.2, -0.15) is 0 Å². The summed E-state index contributed by atoms with van der Waals surface area (Å²) in [5.41, 5.74) is 5.78. The van der Waals surface area contributed by atoms with Gasteiger partial charge in [0.2, 0.25) is 0 Å². The van der Waals surface area contributed by atoms with Gasteiger partial charge in [0.1, 0.15) is 0 Å². The first kappa shape index (κ1) is 12.8. The predicted octanol–water partition coefficient (Wildman–Crippen LogP) is 4.29. The molecule has 0 amide bonds. The smallest absolute Gasteiger partial charge is 0.191 e. The molecule has 0 fully saturated rings. The van der Waals surface area contributed by atoms with Crippen molar-refractivity contribution in [1.82, 2.24) is 0 Å². The number of aryl methyl sites for hydroxylation is 2. The van der Waals surface area contributed by atoms with Gasteiger partial charge in [-0.05, 0) is 48.8 Å². The average Bonchev–Trinajstić information content (AvgIpc) is 2.38. The molecule has 0 N–H and O–H groups in total. The Labute approximate surface area is 113 Å². The molecule has 0 saturated heterocycles.